The zero-order valence-electron chi connectivity index (χ0n) is 17.5. The van der Waals surface area contributed by atoms with Crippen LogP contribution in [0.2, 0.25) is 5.02 Å². The molecule has 0 spiro atoms. The highest BCUT2D eigenvalue weighted by Crippen LogP contribution is 2.24. The van der Waals surface area contributed by atoms with Gasteiger partial charge >= 0.3 is 0 Å². The molecule has 0 aromatic heterocycles. The number of imide groups is 1. The van der Waals surface area contributed by atoms with Crippen molar-refractivity contribution in [3.05, 3.63) is 82.6 Å². The van der Waals surface area contributed by atoms with Crippen LogP contribution in [0, 0.1) is 11.2 Å². The normalized spacial score (nSPS) is 11.2. The predicted octanol–water partition coefficient (Wildman–Crippen LogP) is 6.29. The number of benzene rings is 2. The number of hydrogen-bond donors (Lipinski definition) is 1. The zero-order chi connectivity index (χ0) is 22.2. The first-order chi connectivity index (χ1) is 13.6. The summed E-state index contributed by atoms with van der Waals surface area (Å²) in [6.45, 7) is 13.3. The molecule has 1 N–H and O–H groups in total. The second-order valence-electron chi connectivity index (χ2n) is 7.13. The molecular formula is C24H27ClFNO2. The molecule has 2 amide bonds. The van der Waals surface area contributed by atoms with Gasteiger partial charge in [0.1, 0.15) is 5.82 Å². The average molecular weight is 416 g/mol. The third-order valence-corrected chi connectivity index (χ3v) is 4.24. The van der Waals surface area contributed by atoms with Crippen LogP contribution in [-0.4, -0.2) is 11.8 Å². The molecule has 2 aromatic carbocycles. The highest BCUT2D eigenvalue weighted by molar-refractivity contribution is 6.31. The molecule has 2 aromatic rings. The van der Waals surface area contributed by atoms with Crippen LogP contribution in [0.3, 0.4) is 0 Å². The summed E-state index contributed by atoms with van der Waals surface area (Å²) in [5, 5.41) is 2.93. The number of halogens is 2. The third kappa shape index (κ3) is 7.31. The van der Waals surface area contributed by atoms with Gasteiger partial charge in [-0.3, -0.25) is 14.9 Å². The summed E-state index contributed by atoms with van der Waals surface area (Å²) in [5.41, 5.74) is 1.25. The van der Waals surface area contributed by atoms with E-state index in [0.717, 1.165) is 5.56 Å². The molecule has 2 rings (SSSR count). The summed E-state index contributed by atoms with van der Waals surface area (Å²) < 4.78 is 13.3. The van der Waals surface area contributed by atoms with Gasteiger partial charge in [0.2, 0.25) is 0 Å². The van der Waals surface area contributed by atoms with Crippen LogP contribution in [-0.2, 0) is 9.59 Å². The third-order valence-electron chi connectivity index (χ3n) is 3.99. The van der Waals surface area contributed by atoms with Crippen LogP contribution in [0.15, 0.2) is 60.7 Å². The van der Waals surface area contributed by atoms with Crippen molar-refractivity contribution < 1.29 is 14.0 Å². The van der Waals surface area contributed by atoms with Gasteiger partial charge in [0.25, 0.3) is 11.8 Å². The fourth-order valence-corrected chi connectivity index (χ4v) is 2.35. The van der Waals surface area contributed by atoms with E-state index in [2.05, 4.69) is 11.9 Å². The molecule has 0 aliphatic carbocycles. The monoisotopic (exact) mass is 415 g/mol. The number of carbonyl (C=O) groups is 2. The molecule has 5 heteroatoms. The molecule has 0 fully saturated rings. The van der Waals surface area contributed by atoms with Crippen LogP contribution < -0.4 is 5.32 Å². The summed E-state index contributed by atoms with van der Waals surface area (Å²) >= 11 is 5.90. The van der Waals surface area contributed by atoms with Crippen molar-refractivity contribution in [1.82, 2.24) is 5.32 Å². The van der Waals surface area contributed by atoms with E-state index in [1.165, 1.54) is 24.3 Å². The molecule has 0 saturated heterocycles. The van der Waals surface area contributed by atoms with E-state index in [-0.39, 0.29) is 5.57 Å². The molecule has 0 atom stereocenters. The number of nitrogens with one attached hydrogen (secondary N) is 1. The summed E-state index contributed by atoms with van der Waals surface area (Å²) in [6, 6.07) is 12.4. The van der Waals surface area contributed by atoms with Gasteiger partial charge < -0.3 is 0 Å². The van der Waals surface area contributed by atoms with E-state index in [1.807, 2.05) is 34.6 Å². The molecule has 3 nitrogen and oxygen atoms in total. The SMILES string of the molecule is C=C(C(=O)NC(=O)/C(=C/c1ccc(Cl)cc1)c1ccc(F)cc1)C(C)(C)C.CC. The van der Waals surface area contributed by atoms with E-state index < -0.39 is 23.0 Å². The lowest BCUT2D eigenvalue weighted by molar-refractivity contribution is -0.125. The van der Waals surface area contributed by atoms with Crippen molar-refractivity contribution in [2.45, 2.75) is 34.6 Å². The van der Waals surface area contributed by atoms with Crippen LogP contribution >= 0.6 is 11.6 Å². The van der Waals surface area contributed by atoms with Crippen LogP contribution in [0.4, 0.5) is 4.39 Å². The van der Waals surface area contributed by atoms with Gasteiger partial charge in [-0.2, -0.15) is 0 Å². The maximum atomic E-state index is 13.3. The Morgan fingerprint density at radius 3 is 1.97 bits per heavy atom. The minimum absolute atomic E-state index is 0.229. The first kappa shape index (κ1) is 24.3. The summed E-state index contributed by atoms with van der Waals surface area (Å²) in [6.07, 6.45) is 1.62. The van der Waals surface area contributed by atoms with Crippen molar-refractivity contribution >= 4 is 35.1 Å². The highest BCUT2D eigenvalue weighted by Gasteiger charge is 2.24. The van der Waals surface area contributed by atoms with Crippen molar-refractivity contribution in [3.8, 4) is 0 Å². The van der Waals surface area contributed by atoms with Crippen molar-refractivity contribution in [2.75, 3.05) is 0 Å². The topological polar surface area (TPSA) is 46.2 Å². The largest absolute Gasteiger partial charge is 0.288 e. The van der Waals surface area contributed by atoms with E-state index >= 15 is 0 Å². The lowest BCUT2D eigenvalue weighted by Crippen LogP contribution is -2.35. The summed E-state index contributed by atoms with van der Waals surface area (Å²) in [7, 11) is 0. The summed E-state index contributed by atoms with van der Waals surface area (Å²) in [5.74, 6) is -1.55. The molecule has 29 heavy (non-hydrogen) atoms. The van der Waals surface area contributed by atoms with Gasteiger partial charge in [-0.15, -0.1) is 0 Å². The summed E-state index contributed by atoms with van der Waals surface area (Å²) in [4.78, 5) is 25.1. The van der Waals surface area contributed by atoms with Crippen LogP contribution in [0.25, 0.3) is 11.6 Å². The minimum Gasteiger partial charge on any atom is -0.288 e. The van der Waals surface area contributed by atoms with Crippen molar-refractivity contribution in [2.24, 2.45) is 5.41 Å². The quantitative estimate of drug-likeness (QED) is 0.471. The van der Waals surface area contributed by atoms with Gasteiger partial charge in [0.15, 0.2) is 0 Å². The van der Waals surface area contributed by atoms with E-state index in [0.29, 0.717) is 16.2 Å². The average Bonchev–Trinajstić information content (AvgIpc) is 2.68. The number of carbonyl (C=O) groups excluding carboxylic acids is 2. The molecule has 0 heterocycles. The Balaban J connectivity index is 0.00000204. The zero-order valence-corrected chi connectivity index (χ0v) is 18.2. The Bertz CT molecular complexity index is 892. The lowest BCUT2D eigenvalue weighted by atomic mass is 9.87. The van der Waals surface area contributed by atoms with Gasteiger partial charge in [-0.05, 0) is 46.9 Å². The van der Waals surface area contributed by atoms with E-state index in [1.54, 1.807) is 30.3 Å². The molecule has 0 radical (unpaired) electrons. The number of amides is 2. The first-order valence-electron chi connectivity index (χ1n) is 9.36. The fraction of sp³-hybridized carbons (Fsp3) is 0.250. The lowest BCUT2D eigenvalue weighted by Gasteiger charge is -2.20. The van der Waals surface area contributed by atoms with E-state index in [4.69, 9.17) is 11.6 Å². The maximum absolute atomic E-state index is 13.3. The molecule has 0 saturated carbocycles. The predicted molar refractivity (Wildman–Crippen MR) is 119 cm³/mol. The highest BCUT2D eigenvalue weighted by atomic mass is 35.5. The fourth-order valence-electron chi connectivity index (χ4n) is 2.22. The second kappa shape index (κ2) is 10.7. The van der Waals surface area contributed by atoms with Gasteiger partial charge in [0, 0.05) is 16.2 Å². The van der Waals surface area contributed by atoms with Crippen molar-refractivity contribution in [3.63, 3.8) is 0 Å². The number of hydrogen-bond acceptors (Lipinski definition) is 2. The maximum Gasteiger partial charge on any atom is 0.258 e. The smallest absolute Gasteiger partial charge is 0.258 e. The number of rotatable bonds is 4. The Morgan fingerprint density at radius 1 is 0.966 bits per heavy atom. The Hall–Kier alpha value is -2.72. The molecule has 0 unspecified atom stereocenters. The van der Waals surface area contributed by atoms with E-state index in [9.17, 15) is 14.0 Å². The standard InChI is InChI=1S/C22H21ClFNO2.C2H6/c1-14(22(2,3)4)20(26)25-21(27)19(16-7-11-18(24)12-8-16)13-15-5-9-17(23)10-6-15;1-2/h5-13H,1H2,2-4H3,(H,25,26,27);1-2H3/b19-13+;. The minimum atomic E-state index is -0.591. The van der Waals surface area contributed by atoms with Crippen molar-refractivity contribution in [1.29, 1.82) is 0 Å². The first-order valence-corrected chi connectivity index (χ1v) is 9.74. The second-order valence-corrected chi connectivity index (χ2v) is 7.56. The molecule has 0 aliphatic heterocycles. The van der Waals surface area contributed by atoms with Crippen LogP contribution in [0.1, 0.15) is 45.7 Å². The molecule has 0 aliphatic rings. The Labute approximate surface area is 177 Å². The Morgan fingerprint density at radius 2 is 1.48 bits per heavy atom. The van der Waals surface area contributed by atoms with Gasteiger partial charge in [-0.25, -0.2) is 4.39 Å². The Kier molecular flexibility index (Phi) is 8.99. The molecule has 0 bridgehead atoms. The van der Waals surface area contributed by atoms with Crippen LogP contribution in [0.5, 0.6) is 0 Å². The van der Waals surface area contributed by atoms with Gasteiger partial charge in [-0.1, -0.05) is 77.1 Å². The molecule has 154 valence electrons. The van der Waals surface area contributed by atoms with Gasteiger partial charge in [0.05, 0.1) is 0 Å². The molecular weight excluding hydrogens is 389 g/mol.